The van der Waals surface area contributed by atoms with E-state index in [1.165, 1.54) is 7.11 Å². The van der Waals surface area contributed by atoms with Gasteiger partial charge in [-0.15, -0.1) is 0 Å². The number of aromatic nitrogens is 1. The summed E-state index contributed by atoms with van der Waals surface area (Å²) in [5.74, 6) is -1.06. The molecule has 1 saturated heterocycles. The molecule has 1 atom stereocenters. The normalized spacial score (nSPS) is 18.0. The summed E-state index contributed by atoms with van der Waals surface area (Å²) in [6.45, 7) is 4.01. The Hall–Kier alpha value is -2.31. The van der Waals surface area contributed by atoms with E-state index in [2.05, 4.69) is 15.6 Å². The molecule has 7 nitrogen and oxygen atoms in total. The minimum Gasteiger partial charge on any atom is -0.465 e. The van der Waals surface area contributed by atoms with E-state index >= 15 is 0 Å². The zero-order valence-electron chi connectivity index (χ0n) is 12.3. The fourth-order valence-corrected chi connectivity index (χ4v) is 2.53. The minimum atomic E-state index is -0.532. The summed E-state index contributed by atoms with van der Waals surface area (Å²) in [6, 6.07) is -0.532. The molecule has 2 heterocycles. The topological polar surface area (TPSA) is 100 Å². The Balaban J connectivity index is 2.20. The molecular formula is C14H19N3O4. The van der Waals surface area contributed by atoms with Gasteiger partial charge in [0.1, 0.15) is 11.7 Å². The smallest absolute Gasteiger partial charge is 0.339 e. The lowest BCUT2D eigenvalue weighted by Crippen LogP contribution is -2.50. The van der Waals surface area contributed by atoms with Crippen molar-refractivity contribution in [2.45, 2.75) is 32.7 Å². The van der Waals surface area contributed by atoms with Crippen LogP contribution in [0, 0.1) is 13.8 Å². The lowest BCUT2D eigenvalue weighted by atomic mass is 10.1. The van der Waals surface area contributed by atoms with Crippen LogP contribution in [0.3, 0.4) is 0 Å². The van der Waals surface area contributed by atoms with Gasteiger partial charge in [0.15, 0.2) is 0 Å². The van der Waals surface area contributed by atoms with Gasteiger partial charge in [-0.2, -0.15) is 0 Å². The number of nitrogens with one attached hydrogen (secondary N) is 3. The minimum absolute atomic E-state index is 0.177. The predicted molar refractivity (Wildman–Crippen MR) is 75.1 cm³/mol. The summed E-state index contributed by atoms with van der Waals surface area (Å²) in [4.78, 5) is 38.5. The molecule has 0 saturated carbocycles. The number of rotatable bonds is 3. The van der Waals surface area contributed by atoms with Crippen LogP contribution in [0.5, 0.6) is 0 Å². The van der Waals surface area contributed by atoms with Gasteiger partial charge in [-0.1, -0.05) is 0 Å². The van der Waals surface area contributed by atoms with Crippen molar-refractivity contribution in [2.24, 2.45) is 0 Å². The molecule has 0 aromatic carbocycles. The maximum absolute atomic E-state index is 12.3. The number of esters is 1. The first kappa shape index (κ1) is 15.1. The summed E-state index contributed by atoms with van der Waals surface area (Å²) in [6.07, 6.45) is 1.44. The highest BCUT2D eigenvalue weighted by atomic mass is 16.5. The Labute approximate surface area is 122 Å². The molecule has 1 aromatic heterocycles. The molecular weight excluding hydrogens is 274 g/mol. The second-order valence-corrected chi connectivity index (χ2v) is 5.08. The average molecular weight is 293 g/mol. The van der Waals surface area contributed by atoms with Gasteiger partial charge in [0.05, 0.1) is 12.7 Å². The summed E-state index contributed by atoms with van der Waals surface area (Å²) >= 11 is 0. The van der Waals surface area contributed by atoms with Crippen LogP contribution in [0.25, 0.3) is 0 Å². The molecule has 2 rings (SSSR count). The zero-order valence-corrected chi connectivity index (χ0v) is 12.3. The summed E-state index contributed by atoms with van der Waals surface area (Å²) < 4.78 is 4.70. The number of H-pyrrole nitrogens is 1. The van der Waals surface area contributed by atoms with E-state index in [-0.39, 0.29) is 11.6 Å². The number of piperidine rings is 1. The van der Waals surface area contributed by atoms with E-state index in [1.807, 2.05) is 0 Å². The molecule has 1 aliphatic rings. The second kappa shape index (κ2) is 5.99. The van der Waals surface area contributed by atoms with Gasteiger partial charge in [-0.05, 0) is 32.3 Å². The molecule has 0 radical (unpaired) electrons. The van der Waals surface area contributed by atoms with Crippen molar-refractivity contribution in [1.82, 2.24) is 15.6 Å². The first-order valence-electron chi connectivity index (χ1n) is 6.81. The summed E-state index contributed by atoms with van der Waals surface area (Å²) in [5.41, 5.74) is 1.73. The predicted octanol–water partition coefficient (Wildman–Crippen LogP) is 0.427. The fourth-order valence-electron chi connectivity index (χ4n) is 2.53. The highest BCUT2D eigenvalue weighted by molar-refractivity contribution is 6.02. The maximum atomic E-state index is 12.3. The third-order valence-corrected chi connectivity index (χ3v) is 3.64. The number of ether oxygens (including phenoxy) is 1. The van der Waals surface area contributed by atoms with E-state index in [1.54, 1.807) is 13.8 Å². The van der Waals surface area contributed by atoms with Crippen LogP contribution < -0.4 is 10.6 Å². The van der Waals surface area contributed by atoms with Crippen molar-refractivity contribution in [3.63, 3.8) is 0 Å². The standard InChI is InChI=1S/C14H19N3O4/c1-7-10(14(20)21-3)8(2)16-11(7)13(19)17-9-5-4-6-15-12(9)18/h9,16H,4-6H2,1-3H3,(H,15,18)(H,17,19)/t9-/m1/s1. The van der Waals surface area contributed by atoms with Crippen molar-refractivity contribution < 1.29 is 19.1 Å². The van der Waals surface area contributed by atoms with Gasteiger partial charge < -0.3 is 20.4 Å². The summed E-state index contributed by atoms with van der Waals surface area (Å²) in [5, 5.41) is 5.40. The number of aryl methyl sites for hydroxylation is 1. The van der Waals surface area contributed by atoms with E-state index in [4.69, 9.17) is 4.74 Å². The van der Waals surface area contributed by atoms with Crippen LogP contribution in [-0.2, 0) is 9.53 Å². The fraction of sp³-hybridized carbons (Fsp3) is 0.500. The lowest BCUT2D eigenvalue weighted by Gasteiger charge is -2.22. The third-order valence-electron chi connectivity index (χ3n) is 3.64. The Kier molecular flexibility index (Phi) is 4.30. The molecule has 0 unspecified atom stereocenters. The number of methoxy groups -OCH3 is 1. The van der Waals surface area contributed by atoms with E-state index in [0.29, 0.717) is 29.8 Å². The highest BCUT2D eigenvalue weighted by Gasteiger charge is 2.27. The van der Waals surface area contributed by atoms with Gasteiger partial charge in [-0.3, -0.25) is 9.59 Å². The Morgan fingerprint density at radius 1 is 1.33 bits per heavy atom. The van der Waals surface area contributed by atoms with Gasteiger partial charge >= 0.3 is 5.97 Å². The van der Waals surface area contributed by atoms with Crippen LogP contribution in [0.1, 0.15) is 44.9 Å². The lowest BCUT2D eigenvalue weighted by molar-refractivity contribution is -0.124. The number of hydrogen-bond donors (Lipinski definition) is 3. The quantitative estimate of drug-likeness (QED) is 0.703. The molecule has 114 valence electrons. The van der Waals surface area contributed by atoms with Gasteiger partial charge in [-0.25, -0.2) is 4.79 Å². The molecule has 0 spiro atoms. The molecule has 1 aromatic rings. The van der Waals surface area contributed by atoms with Crippen LogP contribution in [-0.4, -0.2) is 42.5 Å². The van der Waals surface area contributed by atoms with E-state index in [0.717, 1.165) is 6.42 Å². The van der Waals surface area contributed by atoms with Crippen LogP contribution >= 0.6 is 0 Å². The Bertz CT molecular complexity index is 591. The van der Waals surface area contributed by atoms with Crippen LogP contribution in [0.15, 0.2) is 0 Å². The molecule has 3 N–H and O–H groups in total. The number of hydrogen-bond acceptors (Lipinski definition) is 4. The van der Waals surface area contributed by atoms with Crippen molar-refractivity contribution in [3.05, 3.63) is 22.5 Å². The molecule has 2 amide bonds. The number of amides is 2. The van der Waals surface area contributed by atoms with Crippen LogP contribution in [0.4, 0.5) is 0 Å². The van der Waals surface area contributed by atoms with Crippen molar-refractivity contribution in [2.75, 3.05) is 13.7 Å². The SMILES string of the molecule is COC(=O)c1c(C)[nH]c(C(=O)N[C@@H]2CCCNC2=O)c1C. The molecule has 7 heteroatoms. The van der Waals surface area contributed by atoms with Crippen molar-refractivity contribution in [3.8, 4) is 0 Å². The third kappa shape index (κ3) is 2.91. The largest absolute Gasteiger partial charge is 0.465 e. The molecule has 0 bridgehead atoms. The average Bonchev–Trinajstić information content (AvgIpc) is 2.76. The zero-order chi connectivity index (χ0) is 15.6. The number of carbonyl (C=O) groups excluding carboxylic acids is 3. The van der Waals surface area contributed by atoms with Crippen molar-refractivity contribution >= 4 is 17.8 Å². The first-order valence-corrected chi connectivity index (χ1v) is 6.81. The number of carbonyl (C=O) groups is 3. The summed E-state index contributed by atoms with van der Waals surface area (Å²) in [7, 11) is 1.29. The van der Waals surface area contributed by atoms with Crippen LogP contribution in [0.2, 0.25) is 0 Å². The van der Waals surface area contributed by atoms with Crippen molar-refractivity contribution in [1.29, 1.82) is 0 Å². The van der Waals surface area contributed by atoms with Gasteiger partial charge in [0.2, 0.25) is 5.91 Å². The first-order chi connectivity index (χ1) is 9.95. The van der Waals surface area contributed by atoms with E-state index < -0.39 is 17.9 Å². The maximum Gasteiger partial charge on any atom is 0.339 e. The highest BCUT2D eigenvalue weighted by Crippen LogP contribution is 2.19. The Morgan fingerprint density at radius 2 is 2.05 bits per heavy atom. The van der Waals surface area contributed by atoms with Gasteiger partial charge in [0, 0.05) is 12.2 Å². The molecule has 1 fully saturated rings. The molecule has 21 heavy (non-hydrogen) atoms. The number of aromatic amines is 1. The Morgan fingerprint density at radius 3 is 2.67 bits per heavy atom. The van der Waals surface area contributed by atoms with E-state index in [9.17, 15) is 14.4 Å². The second-order valence-electron chi connectivity index (χ2n) is 5.08. The molecule has 1 aliphatic heterocycles. The van der Waals surface area contributed by atoms with Gasteiger partial charge in [0.25, 0.3) is 5.91 Å². The monoisotopic (exact) mass is 293 g/mol. The molecule has 0 aliphatic carbocycles.